The molecule has 2 heteroatoms. The summed E-state index contributed by atoms with van der Waals surface area (Å²) in [5, 5.41) is 3.26. The van der Waals surface area contributed by atoms with Gasteiger partial charge in [-0.25, -0.2) is 0 Å². The first-order valence-corrected chi connectivity index (χ1v) is 5.43. The van der Waals surface area contributed by atoms with E-state index in [-0.39, 0.29) is 0 Å². The van der Waals surface area contributed by atoms with Crippen molar-refractivity contribution in [1.82, 2.24) is 10.2 Å². The first-order chi connectivity index (χ1) is 6.55. The third-order valence-corrected chi connectivity index (χ3v) is 3.00. The van der Waals surface area contributed by atoms with Gasteiger partial charge < -0.3 is 5.32 Å². The van der Waals surface area contributed by atoms with Crippen molar-refractivity contribution in [3.63, 3.8) is 0 Å². The van der Waals surface area contributed by atoms with Gasteiger partial charge in [-0.15, -0.1) is 6.42 Å². The van der Waals surface area contributed by atoms with Crippen molar-refractivity contribution in [2.45, 2.75) is 33.2 Å². The number of hydrogen-bond donors (Lipinski definition) is 1. The lowest BCUT2D eigenvalue weighted by Crippen LogP contribution is -2.39. The number of nitrogens with zero attached hydrogens (tertiary/aromatic N) is 1. The van der Waals surface area contributed by atoms with E-state index in [1.54, 1.807) is 0 Å². The predicted octanol–water partition coefficient (Wildman–Crippen LogP) is 1.33. The van der Waals surface area contributed by atoms with E-state index in [1.807, 2.05) is 0 Å². The summed E-state index contributed by atoms with van der Waals surface area (Å²) in [4.78, 5) is 2.55. The average molecular weight is 194 g/mol. The van der Waals surface area contributed by atoms with Gasteiger partial charge >= 0.3 is 0 Å². The molecule has 1 atom stereocenters. The maximum atomic E-state index is 5.19. The Kier molecular flexibility index (Phi) is 3.97. The van der Waals surface area contributed by atoms with Gasteiger partial charge in [0.15, 0.2) is 0 Å². The maximum absolute atomic E-state index is 5.19. The highest BCUT2D eigenvalue weighted by atomic mass is 15.2. The largest absolute Gasteiger partial charge is 0.305 e. The van der Waals surface area contributed by atoms with Crippen LogP contribution in [0, 0.1) is 17.8 Å². The van der Waals surface area contributed by atoms with Gasteiger partial charge in [0.05, 0.1) is 6.54 Å². The van der Waals surface area contributed by atoms with Crippen LogP contribution < -0.4 is 5.32 Å². The molecule has 2 nitrogen and oxygen atoms in total. The maximum Gasteiger partial charge on any atom is 0.0574 e. The van der Waals surface area contributed by atoms with Crippen LogP contribution in [-0.2, 0) is 0 Å². The fourth-order valence-corrected chi connectivity index (χ4v) is 2.01. The standard InChI is InChI=1S/C12H22N2/c1-5-7-13-9-11(2)14-8-6-12(3,4)10-14/h1,11,13H,6-10H2,2-4H3. The molecule has 0 saturated carbocycles. The second-order valence-electron chi connectivity index (χ2n) is 5.07. The van der Waals surface area contributed by atoms with E-state index >= 15 is 0 Å². The van der Waals surface area contributed by atoms with E-state index in [9.17, 15) is 0 Å². The SMILES string of the molecule is C#CCNCC(C)N1CCC(C)(C)C1. The molecule has 1 rings (SSSR count). The molecule has 1 fully saturated rings. The Morgan fingerprint density at radius 3 is 2.79 bits per heavy atom. The summed E-state index contributed by atoms with van der Waals surface area (Å²) in [7, 11) is 0. The third kappa shape index (κ3) is 3.32. The lowest BCUT2D eigenvalue weighted by Gasteiger charge is -2.26. The second kappa shape index (κ2) is 4.82. The van der Waals surface area contributed by atoms with Gasteiger partial charge in [-0.2, -0.15) is 0 Å². The summed E-state index contributed by atoms with van der Waals surface area (Å²) < 4.78 is 0. The number of terminal acetylenes is 1. The summed E-state index contributed by atoms with van der Waals surface area (Å²) in [5.41, 5.74) is 0.500. The molecule has 1 N–H and O–H groups in total. The Labute approximate surface area is 88.1 Å². The Balaban J connectivity index is 2.26. The van der Waals surface area contributed by atoms with Crippen LogP contribution in [0.1, 0.15) is 27.2 Å². The first kappa shape index (κ1) is 11.6. The van der Waals surface area contributed by atoms with Crippen molar-refractivity contribution >= 4 is 0 Å². The molecule has 0 aromatic rings. The van der Waals surface area contributed by atoms with Gasteiger partial charge in [-0.05, 0) is 25.3 Å². The summed E-state index contributed by atoms with van der Waals surface area (Å²) in [6.45, 7) is 11.1. The predicted molar refractivity (Wildman–Crippen MR) is 61.1 cm³/mol. The molecule has 0 radical (unpaired) electrons. The van der Waals surface area contributed by atoms with E-state index in [4.69, 9.17) is 6.42 Å². The van der Waals surface area contributed by atoms with Crippen molar-refractivity contribution in [1.29, 1.82) is 0 Å². The van der Waals surface area contributed by atoms with Gasteiger partial charge in [0.1, 0.15) is 0 Å². The molecule has 0 spiro atoms. The fraction of sp³-hybridized carbons (Fsp3) is 0.833. The molecular formula is C12H22N2. The highest BCUT2D eigenvalue weighted by molar-refractivity contribution is 4.89. The molecule has 0 aromatic heterocycles. The summed E-state index contributed by atoms with van der Waals surface area (Å²) in [5.74, 6) is 2.60. The van der Waals surface area contributed by atoms with E-state index in [0.717, 1.165) is 6.54 Å². The van der Waals surface area contributed by atoms with E-state index < -0.39 is 0 Å². The smallest absolute Gasteiger partial charge is 0.0574 e. The monoisotopic (exact) mass is 194 g/mol. The van der Waals surface area contributed by atoms with Crippen LogP contribution in [0.25, 0.3) is 0 Å². The molecule has 0 aromatic carbocycles. The second-order valence-corrected chi connectivity index (χ2v) is 5.07. The van der Waals surface area contributed by atoms with Crippen LogP contribution in [-0.4, -0.2) is 37.1 Å². The lowest BCUT2D eigenvalue weighted by molar-refractivity contribution is 0.226. The lowest BCUT2D eigenvalue weighted by atomic mass is 9.93. The average Bonchev–Trinajstić information content (AvgIpc) is 2.46. The normalized spacial score (nSPS) is 23.3. The first-order valence-electron chi connectivity index (χ1n) is 5.43. The van der Waals surface area contributed by atoms with Crippen molar-refractivity contribution in [2.24, 2.45) is 5.41 Å². The highest BCUT2D eigenvalue weighted by Gasteiger charge is 2.31. The third-order valence-electron chi connectivity index (χ3n) is 3.00. The van der Waals surface area contributed by atoms with Crippen LogP contribution in [0.5, 0.6) is 0 Å². The minimum atomic E-state index is 0.500. The summed E-state index contributed by atoms with van der Waals surface area (Å²) in [6.07, 6.45) is 6.50. The van der Waals surface area contributed by atoms with Gasteiger partial charge in [0.2, 0.25) is 0 Å². The van der Waals surface area contributed by atoms with Crippen LogP contribution in [0.3, 0.4) is 0 Å². The zero-order valence-electron chi connectivity index (χ0n) is 9.64. The molecule has 1 saturated heterocycles. The molecule has 1 aliphatic heterocycles. The van der Waals surface area contributed by atoms with Crippen LogP contribution in [0.2, 0.25) is 0 Å². The molecule has 1 unspecified atom stereocenters. The number of rotatable bonds is 4. The van der Waals surface area contributed by atoms with Gasteiger partial charge in [-0.1, -0.05) is 19.8 Å². The van der Waals surface area contributed by atoms with Crippen molar-refractivity contribution in [3.05, 3.63) is 0 Å². The van der Waals surface area contributed by atoms with E-state index in [2.05, 4.69) is 36.9 Å². The Morgan fingerprint density at radius 1 is 1.57 bits per heavy atom. The number of hydrogen-bond acceptors (Lipinski definition) is 2. The number of likely N-dealkylation sites (tertiary alicyclic amines) is 1. The van der Waals surface area contributed by atoms with Crippen LogP contribution in [0.4, 0.5) is 0 Å². The Morgan fingerprint density at radius 2 is 2.29 bits per heavy atom. The van der Waals surface area contributed by atoms with Gasteiger partial charge in [-0.3, -0.25) is 4.90 Å². The van der Waals surface area contributed by atoms with Crippen LogP contribution in [0.15, 0.2) is 0 Å². The van der Waals surface area contributed by atoms with Crippen molar-refractivity contribution in [3.8, 4) is 12.3 Å². The molecule has 0 aliphatic carbocycles. The van der Waals surface area contributed by atoms with E-state index in [0.29, 0.717) is 18.0 Å². The molecular weight excluding hydrogens is 172 g/mol. The quantitative estimate of drug-likeness (QED) is 0.536. The molecule has 80 valence electrons. The Hall–Kier alpha value is -0.520. The Bertz CT molecular complexity index is 215. The zero-order valence-corrected chi connectivity index (χ0v) is 9.64. The van der Waals surface area contributed by atoms with E-state index in [1.165, 1.54) is 19.5 Å². The zero-order chi connectivity index (χ0) is 10.6. The molecule has 1 heterocycles. The fourth-order valence-electron chi connectivity index (χ4n) is 2.01. The van der Waals surface area contributed by atoms with Crippen molar-refractivity contribution < 1.29 is 0 Å². The summed E-state index contributed by atoms with van der Waals surface area (Å²) >= 11 is 0. The topological polar surface area (TPSA) is 15.3 Å². The minimum Gasteiger partial charge on any atom is -0.305 e. The van der Waals surface area contributed by atoms with Crippen molar-refractivity contribution in [2.75, 3.05) is 26.2 Å². The summed E-state index contributed by atoms with van der Waals surface area (Å²) in [6, 6.07) is 0.602. The molecule has 0 amide bonds. The van der Waals surface area contributed by atoms with Gasteiger partial charge in [0.25, 0.3) is 0 Å². The minimum absolute atomic E-state index is 0.500. The highest BCUT2D eigenvalue weighted by Crippen LogP contribution is 2.29. The molecule has 14 heavy (non-hydrogen) atoms. The molecule has 1 aliphatic rings. The van der Waals surface area contributed by atoms with Crippen LogP contribution >= 0.6 is 0 Å². The molecule has 0 bridgehead atoms. The number of nitrogens with one attached hydrogen (secondary N) is 1. The van der Waals surface area contributed by atoms with Gasteiger partial charge in [0, 0.05) is 19.1 Å².